The third-order valence-electron chi connectivity index (χ3n) is 7.36. The maximum absolute atomic E-state index is 13.7. The molecule has 1 fully saturated rings. The number of carbonyl (C=O) groups is 1. The average Bonchev–Trinajstić information content (AvgIpc) is 3.40. The van der Waals surface area contributed by atoms with E-state index in [1.165, 1.54) is 36.8 Å². The summed E-state index contributed by atoms with van der Waals surface area (Å²) in [4.78, 5) is 16.0. The number of ketones is 1. The number of rotatable bonds is 13. The highest BCUT2D eigenvalue weighted by atomic mass is 16.1. The van der Waals surface area contributed by atoms with Crippen LogP contribution in [-0.2, 0) is 30.7 Å². The topological polar surface area (TPSA) is 51.0 Å². The molecule has 1 aromatic heterocycles. The molecular weight excluding hydrogens is 480 g/mol. The van der Waals surface area contributed by atoms with E-state index in [1.807, 2.05) is 10.9 Å². The Balaban J connectivity index is 1.57. The van der Waals surface area contributed by atoms with Gasteiger partial charge >= 0.3 is 0 Å². The van der Waals surface area contributed by atoms with Crippen molar-refractivity contribution in [3.63, 3.8) is 0 Å². The van der Waals surface area contributed by atoms with E-state index in [4.69, 9.17) is 0 Å². The van der Waals surface area contributed by atoms with Gasteiger partial charge in [0.05, 0.1) is 5.69 Å². The highest BCUT2D eigenvalue weighted by Gasteiger charge is 2.27. The van der Waals surface area contributed by atoms with E-state index in [9.17, 15) is 4.79 Å². The predicted molar refractivity (Wildman–Crippen MR) is 161 cm³/mol. The lowest BCUT2D eigenvalue weighted by molar-refractivity contribution is -0.113. The van der Waals surface area contributed by atoms with E-state index in [1.54, 1.807) is 0 Å². The van der Waals surface area contributed by atoms with Crippen molar-refractivity contribution in [3.05, 3.63) is 93.8 Å². The van der Waals surface area contributed by atoms with Gasteiger partial charge in [-0.25, -0.2) is 0 Å². The van der Waals surface area contributed by atoms with E-state index in [-0.39, 0.29) is 5.78 Å². The number of carbonyl (C=O) groups excluding carboxylic acids is 1. The second kappa shape index (κ2) is 14.7. The molecule has 39 heavy (non-hydrogen) atoms. The van der Waals surface area contributed by atoms with Crippen molar-refractivity contribution in [1.82, 2.24) is 19.9 Å². The van der Waals surface area contributed by atoms with Crippen LogP contribution in [0.25, 0.3) is 12.2 Å². The number of benzene rings is 2. The lowest BCUT2D eigenvalue weighted by Gasteiger charge is -2.29. The highest BCUT2D eigenvalue weighted by Crippen LogP contribution is 2.24. The minimum Gasteiger partial charge on any atom is -0.289 e. The fourth-order valence-electron chi connectivity index (χ4n) is 5.02. The fourth-order valence-corrected chi connectivity index (χ4v) is 5.02. The van der Waals surface area contributed by atoms with Crippen molar-refractivity contribution < 1.29 is 4.79 Å². The Bertz CT molecular complexity index is 1180. The van der Waals surface area contributed by atoms with Gasteiger partial charge in [-0.05, 0) is 66.5 Å². The Morgan fingerprint density at radius 3 is 1.74 bits per heavy atom. The van der Waals surface area contributed by atoms with Crippen molar-refractivity contribution in [2.24, 2.45) is 0 Å². The minimum absolute atomic E-state index is 0.142. The Morgan fingerprint density at radius 2 is 1.26 bits per heavy atom. The van der Waals surface area contributed by atoms with Gasteiger partial charge in [0, 0.05) is 43.5 Å². The summed E-state index contributed by atoms with van der Waals surface area (Å²) >= 11 is 0. The molecular formula is C34H44N4O. The number of Topliss-reactive ketones (excluding diaryl/α,β-unsaturated/α-hetero) is 1. The SMILES string of the molecule is CCCCc1ccc(/C=C2/CN(Cc3cn(CCCC)nn3)C/C(=C\c3ccc(CCCC)cc3)C2=O)cc1. The summed E-state index contributed by atoms with van der Waals surface area (Å²) in [5.74, 6) is 0.142. The quantitative estimate of drug-likeness (QED) is 0.220. The lowest BCUT2D eigenvalue weighted by Crippen LogP contribution is -2.37. The van der Waals surface area contributed by atoms with Gasteiger partial charge in [-0.2, -0.15) is 0 Å². The number of nitrogens with zero attached hydrogens (tertiary/aromatic N) is 4. The first kappa shape index (κ1) is 28.7. The van der Waals surface area contributed by atoms with Crippen LogP contribution in [0.15, 0.2) is 65.9 Å². The maximum Gasteiger partial charge on any atom is 0.187 e. The summed E-state index contributed by atoms with van der Waals surface area (Å²) in [6.45, 7) is 9.38. The van der Waals surface area contributed by atoms with Crippen LogP contribution < -0.4 is 0 Å². The Kier molecular flexibility index (Phi) is 10.8. The van der Waals surface area contributed by atoms with Crippen molar-refractivity contribution in [1.29, 1.82) is 0 Å². The third-order valence-corrected chi connectivity index (χ3v) is 7.36. The number of hydrogen-bond donors (Lipinski definition) is 0. The van der Waals surface area contributed by atoms with Gasteiger partial charge in [-0.3, -0.25) is 14.4 Å². The fraction of sp³-hybridized carbons (Fsp3) is 0.441. The first-order valence-electron chi connectivity index (χ1n) is 14.8. The van der Waals surface area contributed by atoms with Crippen LogP contribution in [0.2, 0.25) is 0 Å². The van der Waals surface area contributed by atoms with Crippen LogP contribution in [-0.4, -0.2) is 38.8 Å². The van der Waals surface area contributed by atoms with Gasteiger partial charge in [0.2, 0.25) is 0 Å². The standard InChI is InChI=1S/C34H44N4O/c1-4-7-10-27-12-16-29(17-13-27)21-31-23-37(25-33-26-38(36-35-33)20-9-6-3)24-32(34(31)39)22-30-18-14-28(15-19-30)11-8-5-2/h12-19,21-22,26H,4-11,20,23-25H2,1-3H3/b31-21-,32-22+. The second-order valence-corrected chi connectivity index (χ2v) is 10.8. The molecule has 0 bridgehead atoms. The Labute approximate surface area is 234 Å². The van der Waals surface area contributed by atoms with Crippen LogP contribution in [0.3, 0.4) is 0 Å². The number of likely N-dealkylation sites (tertiary alicyclic amines) is 1. The molecule has 5 heteroatoms. The van der Waals surface area contributed by atoms with E-state index < -0.39 is 0 Å². The normalized spacial score (nSPS) is 16.4. The molecule has 1 saturated heterocycles. The van der Waals surface area contributed by atoms with Crippen LogP contribution in [0.5, 0.6) is 0 Å². The molecule has 4 rings (SSSR count). The number of piperidine rings is 1. The zero-order valence-electron chi connectivity index (χ0n) is 24.0. The molecule has 2 aromatic carbocycles. The van der Waals surface area contributed by atoms with Crippen LogP contribution in [0.1, 0.15) is 87.2 Å². The minimum atomic E-state index is 0.142. The number of unbranched alkanes of at least 4 members (excludes halogenated alkanes) is 3. The molecule has 2 heterocycles. The summed E-state index contributed by atoms with van der Waals surface area (Å²) in [6.07, 6.45) is 15.4. The summed E-state index contributed by atoms with van der Waals surface area (Å²) in [6, 6.07) is 17.3. The van der Waals surface area contributed by atoms with Gasteiger partial charge < -0.3 is 0 Å². The molecule has 0 spiro atoms. The summed E-state index contributed by atoms with van der Waals surface area (Å²) in [5.41, 5.74) is 7.45. The molecule has 206 valence electrons. The molecule has 3 aromatic rings. The molecule has 1 aliphatic rings. The molecule has 0 aliphatic carbocycles. The zero-order chi connectivity index (χ0) is 27.5. The molecule has 5 nitrogen and oxygen atoms in total. The Morgan fingerprint density at radius 1 is 0.744 bits per heavy atom. The van der Waals surface area contributed by atoms with E-state index in [0.29, 0.717) is 19.6 Å². The van der Waals surface area contributed by atoms with Gasteiger partial charge in [0.15, 0.2) is 5.78 Å². The Hall–Kier alpha value is -3.31. The van der Waals surface area contributed by atoms with E-state index >= 15 is 0 Å². The second-order valence-electron chi connectivity index (χ2n) is 10.8. The van der Waals surface area contributed by atoms with Crippen molar-refractivity contribution in [3.8, 4) is 0 Å². The van der Waals surface area contributed by atoms with Gasteiger partial charge in [-0.15, -0.1) is 5.10 Å². The molecule has 0 radical (unpaired) electrons. The maximum atomic E-state index is 13.7. The van der Waals surface area contributed by atoms with Crippen LogP contribution in [0, 0.1) is 0 Å². The van der Waals surface area contributed by atoms with Crippen molar-refractivity contribution in [2.45, 2.75) is 85.2 Å². The summed E-state index contributed by atoms with van der Waals surface area (Å²) in [7, 11) is 0. The highest BCUT2D eigenvalue weighted by molar-refractivity contribution is 6.14. The number of aromatic nitrogens is 3. The molecule has 0 N–H and O–H groups in total. The summed E-state index contributed by atoms with van der Waals surface area (Å²) in [5, 5.41) is 8.73. The molecule has 1 aliphatic heterocycles. The molecule has 0 saturated carbocycles. The predicted octanol–water partition coefficient (Wildman–Crippen LogP) is 7.32. The summed E-state index contributed by atoms with van der Waals surface area (Å²) < 4.78 is 1.93. The van der Waals surface area contributed by atoms with Gasteiger partial charge in [0.1, 0.15) is 0 Å². The average molecular weight is 525 g/mol. The molecule has 0 atom stereocenters. The van der Waals surface area contributed by atoms with Gasteiger partial charge in [-0.1, -0.05) is 93.8 Å². The largest absolute Gasteiger partial charge is 0.289 e. The smallest absolute Gasteiger partial charge is 0.187 e. The lowest BCUT2D eigenvalue weighted by atomic mass is 9.93. The monoisotopic (exact) mass is 524 g/mol. The van der Waals surface area contributed by atoms with E-state index in [0.717, 1.165) is 60.2 Å². The number of aryl methyl sites for hydroxylation is 3. The molecule has 0 amide bonds. The van der Waals surface area contributed by atoms with Crippen molar-refractivity contribution in [2.75, 3.05) is 13.1 Å². The van der Waals surface area contributed by atoms with Crippen molar-refractivity contribution >= 4 is 17.9 Å². The van der Waals surface area contributed by atoms with Gasteiger partial charge in [0.25, 0.3) is 0 Å². The van der Waals surface area contributed by atoms with Crippen LogP contribution >= 0.6 is 0 Å². The number of hydrogen-bond acceptors (Lipinski definition) is 4. The first-order chi connectivity index (χ1) is 19.1. The van der Waals surface area contributed by atoms with E-state index in [2.05, 4.69) is 96.7 Å². The van der Waals surface area contributed by atoms with Crippen LogP contribution in [0.4, 0.5) is 0 Å². The first-order valence-corrected chi connectivity index (χ1v) is 14.8. The molecule has 0 unspecified atom stereocenters. The third kappa shape index (κ3) is 8.59. The zero-order valence-corrected chi connectivity index (χ0v) is 24.0.